The molecule has 142 valence electrons. The van der Waals surface area contributed by atoms with E-state index in [1.807, 2.05) is 18.2 Å². The van der Waals surface area contributed by atoms with Crippen molar-refractivity contribution < 1.29 is 14.3 Å². The zero-order valence-corrected chi connectivity index (χ0v) is 15.0. The monoisotopic (exact) mass is 369 g/mol. The number of carbonyl (C=O) groups is 2. The smallest absolute Gasteiger partial charge is 0.407 e. The SMILES string of the molecule is O=C1NCCCNC(=O)c2cccc(c2)Nc2cc([nH]n2)[C@H]2CC[C@H](C2)O1. The van der Waals surface area contributed by atoms with Gasteiger partial charge >= 0.3 is 6.09 Å². The molecule has 6 bridgehead atoms. The summed E-state index contributed by atoms with van der Waals surface area (Å²) in [6, 6.07) is 9.28. The van der Waals surface area contributed by atoms with Crippen molar-refractivity contribution in [3.63, 3.8) is 0 Å². The fourth-order valence-corrected chi connectivity index (χ4v) is 3.60. The van der Waals surface area contributed by atoms with E-state index in [1.165, 1.54) is 0 Å². The fourth-order valence-electron chi connectivity index (χ4n) is 3.60. The van der Waals surface area contributed by atoms with Gasteiger partial charge in [-0.1, -0.05) is 6.07 Å². The lowest BCUT2D eigenvalue weighted by Gasteiger charge is -2.13. The maximum atomic E-state index is 12.3. The Hall–Kier alpha value is -3.03. The van der Waals surface area contributed by atoms with Crippen molar-refractivity contribution in [2.45, 2.75) is 37.7 Å². The lowest BCUT2D eigenvalue weighted by atomic mass is 10.0. The second kappa shape index (κ2) is 7.69. The van der Waals surface area contributed by atoms with E-state index >= 15 is 0 Å². The van der Waals surface area contributed by atoms with Crippen molar-refractivity contribution in [1.29, 1.82) is 0 Å². The molecule has 27 heavy (non-hydrogen) atoms. The number of amides is 2. The minimum Gasteiger partial charge on any atom is -0.446 e. The average molecular weight is 369 g/mol. The Bertz CT molecular complexity index is 834. The molecule has 2 atom stereocenters. The number of alkyl carbamates (subject to hydrolysis) is 1. The Kier molecular flexibility index (Phi) is 4.95. The highest BCUT2D eigenvalue weighted by Gasteiger charge is 2.29. The lowest BCUT2D eigenvalue weighted by Crippen LogP contribution is -2.31. The van der Waals surface area contributed by atoms with Crippen LogP contribution in [0.25, 0.3) is 0 Å². The van der Waals surface area contributed by atoms with Crippen LogP contribution < -0.4 is 16.0 Å². The number of hydrogen-bond acceptors (Lipinski definition) is 5. The molecule has 1 fully saturated rings. The molecule has 2 amide bonds. The summed E-state index contributed by atoms with van der Waals surface area (Å²) < 4.78 is 5.50. The molecule has 1 aliphatic heterocycles. The summed E-state index contributed by atoms with van der Waals surface area (Å²) in [4.78, 5) is 24.2. The predicted molar refractivity (Wildman–Crippen MR) is 100 cm³/mol. The van der Waals surface area contributed by atoms with E-state index in [0.29, 0.717) is 36.8 Å². The van der Waals surface area contributed by atoms with Crippen LogP contribution in [-0.4, -0.2) is 41.4 Å². The molecule has 2 aliphatic rings. The number of carbonyl (C=O) groups excluding carboxylic acids is 2. The molecule has 4 N–H and O–H groups in total. The number of ether oxygens (including phenoxy) is 1. The van der Waals surface area contributed by atoms with Gasteiger partial charge in [0.15, 0.2) is 5.82 Å². The third-order valence-corrected chi connectivity index (χ3v) is 5.00. The first-order chi connectivity index (χ1) is 13.2. The molecule has 0 saturated heterocycles. The molecule has 1 aliphatic carbocycles. The van der Waals surface area contributed by atoms with Gasteiger partial charge in [-0.3, -0.25) is 9.89 Å². The summed E-state index contributed by atoms with van der Waals surface area (Å²) in [5, 5.41) is 16.2. The molecule has 4 rings (SSSR count). The Morgan fingerprint density at radius 3 is 2.89 bits per heavy atom. The first-order valence-corrected chi connectivity index (χ1v) is 9.32. The molecule has 1 aromatic carbocycles. The van der Waals surface area contributed by atoms with E-state index in [-0.39, 0.29) is 12.0 Å². The second-order valence-electron chi connectivity index (χ2n) is 6.99. The minimum absolute atomic E-state index is 0.0787. The van der Waals surface area contributed by atoms with Gasteiger partial charge in [0.05, 0.1) is 0 Å². The van der Waals surface area contributed by atoms with Crippen LogP contribution in [-0.2, 0) is 4.74 Å². The second-order valence-corrected chi connectivity index (χ2v) is 6.99. The van der Waals surface area contributed by atoms with E-state index < -0.39 is 6.09 Å². The first-order valence-electron chi connectivity index (χ1n) is 9.32. The van der Waals surface area contributed by atoms with Crippen LogP contribution in [0.15, 0.2) is 30.3 Å². The van der Waals surface area contributed by atoms with Crippen molar-refractivity contribution in [3.8, 4) is 0 Å². The van der Waals surface area contributed by atoms with E-state index in [2.05, 4.69) is 26.1 Å². The fraction of sp³-hybridized carbons (Fsp3) is 0.421. The normalized spacial score (nSPS) is 23.3. The molecule has 8 nitrogen and oxygen atoms in total. The van der Waals surface area contributed by atoms with Gasteiger partial charge in [-0.25, -0.2) is 4.79 Å². The predicted octanol–water partition coefficient (Wildman–Crippen LogP) is 2.65. The number of nitrogens with one attached hydrogen (secondary N) is 4. The number of fused-ring (bicyclic) bond motifs is 7. The van der Waals surface area contributed by atoms with Crippen LogP contribution in [0.1, 0.15) is 47.7 Å². The number of aromatic amines is 1. The Morgan fingerprint density at radius 1 is 1.07 bits per heavy atom. The maximum Gasteiger partial charge on any atom is 0.407 e. The maximum absolute atomic E-state index is 12.3. The van der Waals surface area contributed by atoms with Crippen LogP contribution in [0, 0.1) is 0 Å². The number of nitrogens with zero attached hydrogens (tertiary/aromatic N) is 1. The number of benzene rings is 1. The van der Waals surface area contributed by atoms with Crippen LogP contribution in [0.2, 0.25) is 0 Å². The standard InChI is InChI=1S/C19H23N5O3/c25-18-13-3-1-4-14(9-13)22-17-11-16(23-24-17)12-5-6-15(10-12)27-19(26)21-8-2-7-20-18/h1,3-4,9,11-12,15H,2,5-8,10H2,(H,20,25)(H,21,26)(H2,22,23,24)/t12-,15+/m0/s1. The first kappa shape index (κ1) is 17.4. The summed E-state index contributed by atoms with van der Waals surface area (Å²) in [7, 11) is 0. The zero-order chi connectivity index (χ0) is 18.6. The van der Waals surface area contributed by atoms with Gasteiger partial charge in [-0.05, 0) is 43.9 Å². The molecule has 1 saturated carbocycles. The van der Waals surface area contributed by atoms with Crippen LogP contribution in [0.3, 0.4) is 0 Å². The van der Waals surface area contributed by atoms with Gasteiger partial charge in [0.25, 0.3) is 5.91 Å². The third kappa shape index (κ3) is 4.21. The van der Waals surface area contributed by atoms with E-state index in [9.17, 15) is 9.59 Å². The van der Waals surface area contributed by atoms with Crippen molar-refractivity contribution >= 4 is 23.5 Å². The van der Waals surface area contributed by atoms with Crippen molar-refractivity contribution in [2.75, 3.05) is 18.4 Å². The largest absolute Gasteiger partial charge is 0.446 e. The van der Waals surface area contributed by atoms with Crippen molar-refractivity contribution in [2.24, 2.45) is 0 Å². The van der Waals surface area contributed by atoms with E-state index in [0.717, 1.165) is 30.6 Å². The lowest BCUT2D eigenvalue weighted by molar-refractivity contribution is 0.0953. The van der Waals surface area contributed by atoms with Crippen molar-refractivity contribution in [1.82, 2.24) is 20.8 Å². The highest BCUT2D eigenvalue weighted by Crippen LogP contribution is 2.36. The van der Waals surface area contributed by atoms with Crippen LogP contribution in [0.4, 0.5) is 16.3 Å². The summed E-state index contributed by atoms with van der Waals surface area (Å²) in [6.45, 7) is 0.936. The summed E-state index contributed by atoms with van der Waals surface area (Å²) in [5.41, 5.74) is 2.41. The summed E-state index contributed by atoms with van der Waals surface area (Å²) in [5.74, 6) is 0.843. The highest BCUT2D eigenvalue weighted by atomic mass is 16.6. The Balaban J connectivity index is 1.55. The average Bonchev–Trinajstić information content (AvgIpc) is 3.30. The quantitative estimate of drug-likeness (QED) is 0.571. The van der Waals surface area contributed by atoms with Gasteiger partial charge in [0.2, 0.25) is 0 Å². The van der Waals surface area contributed by atoms with Gasteiger partial charge in [-0.2, -0.15) is 5.10 Å². The van der Waals surface area contributed by atoms with E-state index in [1.54, 1.807) is 12.1 Å². The third-order valence-electron chi connectivity index (χ3n) is 5.00. The highest BCUT2D eigenvalue weighted by molar-refractivity contribution is 5.95. The molecule has 2 aromatic rings. The van der Waals surface area contributed by atoms with Gasteiger partial charge in [0.1, 0.15) is 6.10 Å². The molecule has 2 heterocycles. The van der Waals surface area contributed by atoms with Gasteiger partial charge in [-0.15, -0.1) is 0 Å². The number of anilines is 2. The molecule has 1 aromatic heterocycles. The molecule has 0 spiro atoms. The molecule has 8 heteroatoms. The topological polar surface area (TPSA) is 108 Å². The van der Waals surface area contributed by atoms with Gasteiger partial charge in [0, 0.05) is 42.0 Å². The Morgan fingerprint density at radius 2 is 1.96 bits per heavy atom. The number of hydrogen-bond donors (Lipinski definition) is 4. The molecule has 0 radical (unpaired) electrons. The number of rotatable bonds is 0. The van der Waals surface area contributed by atoms with Crippen LogP contribution in [0.5, 0.6) is 0 Å². The molecular weight excluding hydrogens is 346 g/mol. The Labute approximate surface area is 157 Å². The minimum atomic E-state index is -0.396. The van der Waals surface area contributed by atoms with Crippen molar-refractivity contribution in [3.05, 3.63) is 41.6 Å². The number of H-pyrrole nitrogens is 1. The number of aromatic nitrogens is 2. The van der Waals surface area contributed by atoms with Gasteiger partial charge < -0.3 is 20.7 Å². The van der Waals surface area contributed by atoms with Crippen LogP contribution >= 0.6 is 0 Å². The summed E-state index contributed by atoms with van der Waals surface area (Å²) in [6.07, 6.45) is 2.75. The zero-order valence-electron chi connectivity index (χ0n) is 15.0. The molecule has 0 unspecified atom stereocenters. The van der Waals surface area contributed by atoms with E-state index in [4.69, 9.17) is 4.74 Å². The molecular formula is C19H23N5O3. The summed E-state index contributed by atoms with van der Waals surface area (Å²) >= 11 is 0.